The quantitative estimate of drug-likeness (QED) is 0.293. The van der Waals surface area contributed by atoms with Crippen LogP contribution in [0.25, 0.3) is 0 Å². The second-order valence-electron chi connectivity index (χ2n) is 1.47. The summed E-state index contributed by atoms with van der Waals surface area (Å²) in [6.07, 6.45) is -0.506. The fourth-order valence-corrected chi connectivity index (χ4v) is 0.175. The Morgan fingerprint density at radius 1 is 1.50 bits per heavy atom. The molecule has 1 atom stereocenters. The van der Waals surface area contributed by atoms with E-state index < -0.39 is 12.3 Å². The summed E-state index contributed by atoms with van der Waals surface area (Å²) in [4.78, 5) is 18.6. The van der Waals surface area contributed by atoms with Crippen molar-refractivity contribution in [2.24, 2.45) is 0 Å². The van der Waals surface area contributed by atoms with Crippen molar-refractivity contribution in [1.29, 1.82) is 0 Å². The van der Waals surface area contributed by atoms with Crippen LogP contribution in [0.2, 0.25) is 0 Å². The van der Waals surface area contributed by atoms with Crippen molar-refractivity contribution >= 4 is 32.2 Å². The minimum atomic E-state index is -0.506. The minimum absolute atomic E-state index is 0. The third-order valence-electron chi connectivity index (χ3n) is 0.633. The molecule has 0 bridgehead atoms. The zero-order valence-electron chi connectivity index (χ0n) is 6.42. The van der Waals surface area contributed by atoms with Crippen molar-refractivity contribution in [1.82, 2.24) is 0 Å². The van der Waals surface area contributed by atoms with Gasteiger partial charge in [-0.15, -0.1) is 0 Å². The Labute approximate surface area is 78.9 Å². The van der Waals surface area contributed by atoms with Crippen molar-refractivity contribution in [2.75, 3.05) is 7.11 Å². The number of hydrogen-bond donors (Lipinski definition) is 0. The van der Waals surface area contributed by atoms with Crippen LogP contribution in [0.5, 0.6) is 0 Å². The first-order valence-electron chi connectivity index (χ1n) is 2.53. The standard InChI is InChI=1S/C5H10O4.Bi.3H/c1-4(6)8-9-5(2)7-3;;;;/h5H,1-3H3;;;;. The molecule has 10 heavy (non-hydrogen) atoms. The predicted molar refractivity (Wildman–Crippen MR) is 39.3 cm³/mol. The second kappa shape index (κ2) is 7.38. The van der Waals surface area contributed by atoms with E-state index in [0.717, 1.165) is 0 Å². The predicted octanol–water partition coefficient (Wildman–Crippen LogP) is -0.710. The monoisotopic (exact) mass is 346 g/mol. The number of ether oxygens (including phenoxy) is 1. The Hall–Kier alpha value is 0.273. The zero-order chi connectivity index (χ0) is 7.28. The van der Waals surface area contributed by atoms with Crippen molar-refractivity contribution < 1.29 is 19.3 Å². The van der Waals surface area contributed by atoms with Crippen LogP contribution >= 0.6 is 0 Å². The molecule has 0 aromatic rings. The van der Waals surface area contributed by atoms with Crippen molar-refractivity contribution in [2.45, 2.75) is 20.1 Å². The van der Waals surface area contributed by atoms with Gasteiger partial charge >= 0.3 is 32.2 Å². The van der Waals surface area contributed by atoms with E-state index in [1.165, 1.54) is 14.0 Å². The molecule has 1 unspecified atom stereocenters. The van der Waals surface area contributed by atoms with Crippen LogP contribution in [-0.2, 0) is 19.3 Å². The van der Waals surface area contributed by atoms with Gasteiger partial charge in [0.2, 0.25) is 0 Å². The molecule has 0 aliphatic carbocycles. The zero-order valence-corrected chi connectivity index (χ0v) is 11.9. The molecule has 0 saturated heterocycles. The van der Waals surface area contributed by atoms with Crippen molar-refractivity contribution in [3.05, 3.63) is 0 Å². The Kier molecular flexibility index (Phi) is 9.53. The number of rotatable bonds is 3. The molecular formula is C5H13BiO4. The summed E-state index contributed by atoms with van der Waals surface area (Å²) in [5.41, 5.74) is 0. The van der Waals surface area contributed by atoms with Crippen LogP contribution in [0.15, 0.2) is 0 Å². The van der Waals surface area contributed by atoms with Crippen LogP contribution in [0.1, 0.15) is 13.8 Å². The second-order valence-corrected chi connectivity index (χ2v) is 1.47. The summed E-state index contributed by atoms with van der Waals surface area (Å²) in [6.45, 7) is 2.87. The van der Waals surface area contributed by atoms with Crippen LogP contribution in [0.3, 0.4) is 0 Å². The van der Waals surface area contributed by atoms with Gasteiger partial charge in [0.1, 0.15) is 0 Å². The van der Waals surface area contributed by atoms with Gasteiger partial charge in [-0.2, -0.15) is 4.89 Å². The molecule has 4 nitrogen and oxygen atoms in total. The van der Waals surface area contributed by atoms with E-state index in [1.54, 1.807) is 6.92 Å². The number of hydrogen-bond acceptors (Lipinski definition) is 4. The topological polar surface area (TPSA) is 44.8 Å². The molecular weight excluding hydrogens is 333 g/mol. The van der Waals surface area contributed by atoms with Crippen molar-refractivity contribution in [3.8, 4) is 0 Å². The first-order chi connectivity index (χ1) is 4.16. The molecule has 62 valence electrons. The van der Waals surface area contributed by atoms with E-state index in [0.29, 0.717) is 0 Å². The summed E-state index contributed by atoms with van der Waals surface area (Å²) >= 11 is 0. The summed E-state index contributed by atoms with van der Waals surface area (Å²) in [5.74, 6) is -0.487. The fraction of sp³-hybridized carbons (Fsp3) is 0.800. The first-order valence-corrected chi connectivity index (χ1v) is 2.53. The molecule has 0 fully saturated rings. The van der Waals surface area contributed by atoms with E-state index in [1.807, 2.05) is 0 Å². The first kappa shape index (κ1) is 12.9. The molecule has 0 aromatic heterocycles. The van der Waals surface area contributed by atoms with Crippen LogP contribution in [0.4, 0.5) is 0 Å². The fourth-order valence-electron chi connectivity index (χ4n) is 0.175. The summed E-state index contributed by atoms with van der Waals surface area (Å²) in [6, 6.07) is 0. The van der Waals surface area contributed by atoms with E-state index in [-0.39, 0.29) is 26.2 Å². The van der Waals surface area contributed by atoms with E-state index in [2.05, 4.69) is 14.5 Å². The molecule has 0 saturated carbocycles. The summed E-state index contributed by atoms with van der Waals surface area (Å²) < 4.78 is 4.60. The molecule has 0 amide bonds. The maximum atomic E-state index is 10.1. The van der Waals surface area contributed by atoms with Gasteiger partial charge in [0, 0.05) is 14.0 Å². The Morgan fingerprint density at radius 3 is 2.30 bits per heavy atom. The van der Waals surface area contributed by atoms with Gasteiger partial charge in [0.15, 0.2) is 6.29 Å². The maximum absolute atomic E-state index is 10.1. The molecule has 0 aliphatic rings. The molecule has 0 N–H and O–H groups in total. The number of methoxy groups -OCH3 is 1. The molecule has 0 rings (SSSR count). The SMILES string of the molecule is COC(C)OOC(C)=O.[BiH3]. The molecule has 0 radical (unpaired) electrons. The Balaban J connectivity index is 0. The van der Waals surface area contributed by atoms with Gasteiger partial charge in [0.05, 0.1) is 0 Å². The Morgan fingerprint density at radius 2 is 2.00 bits per heavy atom. The van der Waals surface area contributed by atoms with Gasteiger partial charge in [-0.3, -0.25) is 4.89 Å². The molecule has 0 aromatic carbocycles. The summed E-state index contributed by atoms with van der Waals surface area (Å²) in [7, 11) is 1.45. The third kappa shape index (κ3) is 8.27. The summed E-state index contributed by atoms with van der Waals surface area (Å²) in [5, 5.41) is 0. The van der Waals surface area contributed by atoms with Gasteiger partial charge in [-0.05, 0) is 6.92 Å². The Bertz CT molecular complexity index is 95.6. The number of carbonyl (C=O) groups is 1. The van der Waals surface area contributed by atoms with Crippen LogP contribution in [-0.4, -0.2) is 45.6 Å². The van der Waals surface area contributed by atoms with E-state index >= 15 is 0 Å². The average Bonchev–Trinajstić information content (AvgIpc) is 1.83. The molecule has 0 aliphatic heterocycles. The van der Waals surface area contributed by atoms with Crippen LogP contribution < -0.4 is 0 Å². The van der Waals surface area contributed by atoms with Gasteiger partial charge < -0.3 is 4.74 Å². The average molecular weight is 346 g/mol. The van der Waals surface area contributed by atoms with E-state index in [9.17, 15) is 4.79 Å². The van der Waals surface area contributed by atoms with E-state index in [4.69, 9.17) is 0 Å². The van der Waals surface area contributed by atoms with Gasteiger partial charge in [0.25, 0.3) is 0 Å². The normalized spacial score (nSPS) is 11.5. The third-order valence-corrected chi connectivity index (χ3v) is 0.633. The van der Waals surface area contributed by atoms with Gasteiger partial charge in [-0.25, -0.2) is 4.79 Å². The molecule has 0 heterocycles. The molecule has 5 heteroatoms. The van der Waals surface area contributed by atoms with Crippen LogP contribution in [0, 0.1) is 0 Å². The van der Waals surface area contributed by atoms with Gasteiger partial charge in [-0.1, -0.05) is 0 Å². The van der Waals surface area contributed by atoms with Crippen molar-refractivity contribution in [3.63, 3.8) is 0 Å². The molecule has 0 spiro atoms. The number of carbonyl (C=O) groups excluding carboxylic acids is 1.